The second-order valence-corrected chi connectivity index (χ2v) is 9.08. The summed E-state index contributed by atoms with van der Waals surface area (Å²) in [6, 6.07) is 0. The van der Waals surface area contributed by atoms with Gasteiger partial charge < -0.3 is 4.74 Å². The highest BCUT2D eigenvalue weighted by molar-refractivity contribution is 9.09. The Hall–Kier alpha value is -0.0500. The Labute approximate surface area is 143 Å². The van der Waals surface area contributed by atoms with E-state index in [0.717, 1.165) is 36.1 Å². The van der Waals surface area contributed by atoms with Crippen LogP contribution < -0.4 is 0 Å². The summed E-state index contributed by atoms with van der Waals surface area (Å²) in [5.41, 5.74) is 0.375. The highest BCUT2D eigenvalue weighted by Gasteiger charge is 2.51. The standard InChI is InChI=1S/C19H31BrO2/c20-7-5-3-1-2-4-6-18(21)22-14-19-11-15-8-16(12-19)10-17(9-15)13-19/h15-17H,1-14H2. The zero-order valence-corrected chi connectivity index (χ0v) is 15.4. The maximum atomic E-state index is 12.0. The molecule has 0 aromatic rings. The van der Waals surface area contributed by atoms with Crippen molar-refractivity contribution in [3.63, 3.8) is 0 Å². The summed E-state index contributed by atoms with van der Waals surface area (Å²) in [4.78, 5) is 12.0. The quantitative estimate of drug-likeness (QED) is 0.305. The fourth-order valence-electron chi connectivity index (χ4n) is 5.67. The van der Waals surface area contributed by atoms with Gasteiger partial charge in [-0.25, -0.2) is 0 Å². The normalized spacial score (nSPS) is 35.8. The van der Waals surface area contributed by atoms with Gasteiger partial charge in [0.2, 0.25) is 0 Å². The van der Waals surface area contributed by atoms with Crippen molar-refractivity contribution in [2.75, 3.05) is 11.9 Å². The van der Waals surface area contributed by atoms with E-state index in [1.54, 1.807) is 0 Å². The summed E-state index contributed by atoms with van der Waals surface area (Å²) < 4.78 is 5.71. The molecule has 4 fully saturated rings. The average molecular weight is 371 g/mol. The summed E-state index contributed by atoms with van der Waals surface area (Å²) in [6.45, 7) is 0.721. The molecule has 4 saturated carbocycles. The minimum atomic E-state index is 0.0521. The van der Waals surface area contributed by atoms with Crippen LogP contribution in [0, 0.1) is 23.2 Å². The lowest BCUT2D eigenvalue weighted by molar-refractivity contribution is -0.155. The fourth-order valence-corrected chi connectivity index (χ4v) is 6.06. The lowest BCUT2D eigenvalue weighted by Crippen LogP contribution is -2.48. The molecule has 4 rings (SSSR count). The van der Waals surface area contributed by atoms with Gasteiger partial charge in [-0.2, -0.15) is 0 Å². The van der Waals surface area contributed by atoms with Crippen LogP contribution in [0.15, 0.2) is 0 Å². The van der Waals surface area contributed by atoms with Gasteiger partial charge in [-0.05, 0) is 69.1 Å². The van der Waals surface area contributed by atoms with Crippen LogP contribution in [-0.4, -0.2) is 17.9 Å². The average Bonchev–Trinajstić information content (AvgIpc) is 2.47. The molecule has 4 aliphatic rings. The van der Waals surface area contributed by atoms with E-state index in [9.17, 15) is 4.79 Å². The zero-order valence-electron chi connectivity index (χ0n) is 13.8. The van der Waals surface area contributed by atoms with E-state index in [-0.39, 0.29) is 5.97 Å². The number of alkyl halides is 1. The molecule has 0 aromatic heterocycles. The van der Waals surface area contributed by atoms with Crippen LogP contribution in [0.4, 0.5) is 0 Å². The smallest absolute Gasteiger partial charge is 0.305 e. The van der Waals surface area contributed by atoms with Gasteiger partial charge in [0, 0.05) is 17.2 Å². The summed E-state index contributed by atoms with van der Waals surface area (Å²) >= 11 is 3.45. The molecule has 0 aromatic carbocycles. The topological polar surface area (TPSA) is 26.3 Å². The number of halogens is 1. The monoisotopic (exact) mass is 370 g/mol. The van der Waals surface area contributed by atoms with E-state index >= 15 is 0 Å². The van der Waals surface area contributed by atoms with Gasteiger partial charge in [-0.3, -0.25) is 4.79 Å². The Balaban J connectivity index is 1.33. The number of hydrogen-bond acceptors (Lipinski definition) is 2. The van der Waals surface area contributed by atoms with Crippen molar-refractivity contribution in [1.82, 2.24) is 0 Å². The van der Waals surface area contributed by atoms with Crippen molar-refractivity contribution in [1.29, 1.82) is 0 Å². The van der Waals surface area contributed by atoms with Gasteiger partial charge in [0.05, 0.1) is 6.61 Å². The molecule has 2 nitrogen and oxygen atoms in total. The molecule has 22 heavy (non-hydrogen) atoms. The van der Waals surface area contributed by atoms with E-state index in [0.29, 0.717) is 11.8 Å². The van der Waals surface area contributed by atoms with Crippen LogP contribution in [0.25, 0.3) is 0 Å². The molecule has 0 spiro atoms. The van der Waals surface area contributed by atoms with E-state index in [1.807, 2.05) is 0 Å². The number of rotatable bonds is 9. The third-order valence-corrected chi connectivity index (χ3v) is 6.78. The SMILES string of the molecule is O=C(CCCCCCCBr)OCC12CC3CC(CC(C3)C1)C2. The molecule has 3 heteroatoms. The Morgan fingerprint density at radius 1 is 0.909 bits per heavy atom. The molecule has 0 radical (unpaired) electrons. The zero-order chi connectivity index (χ0) is 15.4. The second-order valence-electron chi connectivity index (χ2n) is 8.28. The Morgan fingerprint density at radius 3 is 2.05 bits per heavy atom. The predicted octanol–water partition coefficient (Wildman–Crippen LogP) is 5.48. The highest BCUT2D eigenvalue weighted by atomic mass is 79.9. The Bertz CT molecular complexity index is 344. The molecule has 0 N–H and O–H groups in total. The molecular formula is C19H31BrO2. The second kappa shape index (κ2) is 7.68. The predicted molar refractivity (Wildman–Crippen MR) is 93.1 cm³/mol. The van der Waals surface area contributed by atoms with Crippen molar-refractivity contribution in [2.24, 2.45) is 23.2 Å². The molecule has 4 aliphatic carbocycles. The van der Waals surface area contributed by atoms with Crippen LogP contribution in [0.2, 0.25) is 0 Å². The number of carbonyl (C=O) groups is 1. The van der Waals surface area contributed by atoms with E-state index < -0.39 is 0 Å². The molecular weight excluding hydrogens is 340 g/mol. The van der Waals surface area contributed by atoms with E-state index in [2.05, 4.69) is 15.9 Å². The van der Waals surface area contributed by atoms with Gasteiger partial charge >= 0.3 is 5.97 Å². The summed E-state index contributed by atoms with van der Waals surface area (Å²) in [6.07, 6.45) is 14.9. The minimum Gasteiger partial charge on any atom is -0.465 e. The number of unbranched alkanes of at least 4 members (excludes halogenated alkanes) is 4. The molecule has 0 heterocycles. The number of esters is 1. The highest BCUT2D eigenvalue weighted by Crippen LogP contribution is 2.60. The molecule has 0 amide bonds. The third-order valence-electron chi connectivity index (χ3n) is 6.22. The number of ether oxygens (including phenoxy) is 1. The minimum absolute atomic E-state index is 0.0521. The first-order chi connectivity index (χ1) is 10.7. The van der Waals surface area contributed by atoms with Gasteiger partial charge in [0.1, 0.15) is 0 Å². The van der Waals surface area contributed by atoms with Crippen LogP contribution >= 0.6 is 15.9 Å². The molecule has 0 saturated heterocycles. The first-order valence-corrected chi connectivity index (χ1v) is 10.5. The number of carbonyl (C=O) groups excluding carboxylic acids is 1. The lowest BCUT2D eigenvalue weighted by atomic mass is 9.50. The summed E-state index contributed by atoms with van der Waals surface area (Å²) in [7, 11) is 0. The van der Waals surface area contributed by atoms with Crippen LogP contribution in [0.1, 0.15) is 77.0 Å². The van der Waals surface area contributed by atoms with Crippen LogP contribution in [0.3, 0.4) is 0 Å². The van der Waals surface area contributed by atoms with E-state index in [1.165, 1.54) is 64.2 Å². The van der Waals surface area contributed by atoms with Crippen molar-refractivity contribution < 1.29 is 9.53 Å². The molecule has 4 bridgehead atoms. The third kappa shape index (κ3) is 4.27. The number of hydrogen-bond donors (Lipinski definition) is 0. The molecule has 126 valence electrons. The lowest BCUT2D eigenvalue weighted by Gasteiger charge is -2.56. The van der Waals surface area contributed by atoms with Gasteiger partial charge in [0.15, 0.2) is 0 Å². The van der Waals surface area contributed by atoms with Crippen molar-refractivity contribution in [3.8, 4) is 0 Å². The van der Waals surface area contributed by atoms with Crippen LogP contribution in [0.5, 0.6) is 0 Å². The first-order valence-electron chi connectivity index (χ1n) is 9.41. The Morgan fingerprint density at radius 2 is 1.45 bits per heavy atom. The summed E-state index contributed by atoms with van der Waals surface area (Å²) in [5, 5.41) is 1.10. The van der Waals surface area contributed by atoms with Crippen molar-refractivity contribution in [3.05, 3.63) is 0 Å². The van der Waals surface area contributed by atoms with Gasteiger partial charge in [0.25, 0.3) is 0 Å². The maximum absolute atomic E-state index is 12.0. The van der Waals surface area contributed by atoms with Gasteiger partial charge in [-0.15, -0.1) is 0 Å². The van der Waals surface area contributed by atoms with E-state index in [4.69, 9.17) is 4.74 Å². The fraction of sp³-hybridized carbons (Fsp3) is 0.947. The molecule has 0 aliphatic heterocycles. The van der Waals surface area contributed by atoms with Crippen molar-refractivity contribution >= 4 is 21.9 Å². The van der Waals surface area contributed by atoms with Gasteiger partial charge in [-0.1, -0.05) is 35.2 Å². The molecule has 0 atom stereocenters. The summed E-state index contributed by atoms with van der Waals surface area (Å²) in [5.74, 6) is 2.88. The van der Waals surface area contributed by atoms with Crippen molar-refractivity contribution in [2.45, 2.75) is 77.0 Å². The van der Waals surface area contributed by atoms with Crippen LogP contribution in [-0.2, 0) is 9.53 Å². The molecule has 0 unspecified atom stereocenters. The first kappa shape index (κ1) is 16.8. The maximum Gasteiger partial charge on any atom is 0.305 e. The Kier molecular flexibility index (Phi) is 5.86. The largest absolute Gasteiger partial charge is 0.465 e.